The number of halogens is 1. The number of rotatable bonds is 6. The Kier molecular flexibility index (Phi) is 5.47. The van der Waals surface area contributed by atoms with E-state index in [4.69, 9.17) is 22.0 Å². The van der Waals surface area contributed by atoms with Gasteiger partial charge in [-0.2, -0.15) is 9.98 Å². The molecule has 0 saturated heterocycles. The third-order valence-corrected chi connectivity index (χ3v) is 4.23. The number of aliphatic carboxylic acids is 1. The fraction of sp³-hybridized carbons (Fsp3) is 0.273. The molecule has 0 amide bonds. The fourth-order valence-corrected chi connectivity index (χ4v) is 3.05. The average molecular weight is 319 g/mol. The zero-order valence-corrected chi connectivity index (χ0v) is 11.9. The van der Waals surface area contributed by atoms with Gasteiger partial charge in [-0.1, -0.05) is 11.6 Å². The number of methoxy groups -OCH3 is 1. The van der Waals surface area contributed by atoms with Gasteiger partial charge in [0, 0.05) is 7.11 Å². The van der Waals surface area contributed by atoms with Gasteiger partial charge >= 0.3 is 5.97 Å². The Bertz CT molecular complexity index is 653. The molecule has 7 nitrogen and oxygen atoms in total. The Morgan fingerprint density at radius 2 is 2.25 bits per heavy atom. The second-order valence-corrected chi connectivity index (χ2v) is 5.81. The lowest BCUT2D eigenvalue weighted by Gasteiger charge is -2.14. The zero-order valence-electron chi connectivity index (χ0n) is 10.3. The Morgan fingerprint density at radius 3 is 2.75 bits per heavy atom. The van der Waals surface area contributed by atoms with Crippen molar-refractivity contribution in [3.63, 3.8) is 0 Å². The van der Waals surface area contributed by atoms with Crippen LogP contribution in [0.2, 0.25) is 5.02 Å². The van der Waals surface area contributed by atoms with Crippen molar-refractivity contribution in [3.8, 4) is 6.07 Å². The smallest absolute Gasteiger partial charge is 0.324 e. The molecule has 0 bridgehead atoms. The Labute approximate surface area is 120 Å². The van der Waals surface area contributed by atoms with E-state index in [9.17, 15) is 13.2 Å². The van der Waals surface area contributed by atoms with E-state index >= 15 is 0 Å². The Morgan fingerprint density at radius 1 is 1.60 bits per heavy atom. The molecule has 108 valence electrons. The summed E-state index contributed by atoms with van der Waals surface area (Å²) >= 11 is 5.77. The van der Waals surface area contributed by atoms with Crippen molar-refractivity contribution in [2.45, 2.75) is 10.9 Å². The van der Waals surface area contributed by atoms with E-state index in [1.807, 2.05) is 4.72 Å². The number of carboxylic acids is 1. The van der Waals surface area contributed by atoms with Gasteiger partial charge in [0.1, 0.15) is 10.9 Å². The molecule has 0 aliphatic heterocycles. The minimum atomic E-state index is -4.18. The standard InChI is InChI=1S/C11H11ClN2O5S/c1-19-6-9(11(15)16)14-20(17,18)10-4-7(5-13)2-3-8(10)12/h2-4,9,14H,6H2,1H3,(H,15,16). The van der Waals surface area contributed by atoms with Crippen molar-refractivity contribution in [2.75, 3.05) is 13.7 Å². The molecule has 9 heteroatoms. The second-order valence-electron chi connectivity index (χ2n) is 3.72. The first-order valence-electron chi connectivity index (χ1n) is 5.25. The number of sulfonamides is 1. The van der Waals surface area contributed by atoms with E-state index in [-0.39, 0.29) is 22.1 Å². The second kappa shape index (κ2) is 6.67. The molecule has 0 aliphatic rings. The van der Waals surface area contributed by atoms with Crippen LogP contribution in [0.3, 0.4) is 0 Å². The molecule has 0 spiro atoms. The first-order valence-corrected chi connectivity index (χ1v) is 7.11. The highest BCUT2D eigenvalue weighted by Crippen LogP contribution is 2.22. The number of benzene rings is 1. The van der Waals surface area contributed by atoms with Gasteiger partial charge in [-0.3, -0.25) is 4.79 Å². The van der Waals surface area contributed by atoms with Crippen LogP contribution in [-0.2, 0) is 19.6 Å². The fourth-order valence-electron chi connectivity index (χ4n) is 1.35. The topological polar surface area (TPSA) is 116 Å². The normalized spacial score (nSPS) is 12.7. The van der Waals surface area contributed by atoms with Crippen LogP contribution in [0.1, 0.15) is 5.56 Å². The van der Waals surface area contributed by atoms with Crippen LogP contribution < -0.4 is 4.72 Å². The molecule has 1 unspecified atom stereocenters. The number of hydrogen-bond donors (Lipinski definition) is 2. The van der Waals surface area contributed by atoms with E-state index in [1.54, 1.807) is 6.07 Å². The predicted molar refractivity (Wildman–Crippen MR) is 69.8 cm³/mol. The largest absolute Gasteiger partial charge is 0.480 e. The van der Waals surface area contributed by atoms with Gasteiger partial charge in [0.15, 0.2) is 0 Å². The molecule has 0 heterocycles. The zero-order chi connectivity index (χ0) is 15.3. The number of ether oxygens (including phenoxy) is 1. The van der Waals surface area contributed by atoms with Crippen molar-refractivity contribution < 1.29 is 23.1 Å². The van der Waals surface area contributed by atoms with Gasteiger partial charge in [0.2, 0.25) is 10.0 Å². The maximum atomic E-state index is 12.1. The highest BCUT2D eigenvalue weighted by atomic mass is 35.5. The summed E-state index contributed by atoms with van der Waals surface area (Å²) in [6, 6.07) is 3.99. The molecule has 1 aromatic rings. The van der Waals surface area contributed by atoms with Crippen LogP contribution in [0.5, 0.6) is 0 Å². The molecule has 1 rings (SSSR count). The van der Waals surface area contributed by atoms with E-state index in [0.29, 0.717) is 0 Å². The number of carboxylic acid groups (broad SMARTS) is 1. The summed E-state index contributed by atoms with van der Waals surface area (Å²) < 4.78 is 30.8. The summed E-state index contributed by atoms with van der Waals surface area (Å²) in [6.07, 6.45) is 0. The molecular weight excluding hydrogens is 308 g/mol. The lowest BCUT2D eigenvalue weighted by Crippen LogP contribution is -2.43. The summed E-state index contributed by atoms with van der Waals surface area (Å²) in [5.74, 6) is -1.39. The molecule has 1 atom stereocenters. The van der Waals surface area contributed by atoms with E-state index in [1.165, 1.54) is 19.2 Å². The van der Waals surface area contributed by atoms with Crippen LogP contribution in [0.4, 0.5) is 0 Å². The Hall–Kier alpha value is -1.66. The highest BCUT2D eigenvalue weighted by Gasteiger charge is 2.27. The molecular formula is C11H11ClN2O5S. The monoisotopic (exact) mass is 318 g/mol. The van der Waals surface area contributed by atoms with Gasteiger partial charge in [-0.15, -0.1) is 0 Å². The van der Waals surface area contributed by atoms with E-state index in [0.717, 1.165) is 6.07 Å². The van der Waals surface area contributed by atoms with Gasteiger partial charge in [-0.25, -0.2) is 8.42 Å². The first-order chi connectivity index (χ1) is 9.31. The van der Waals surface area contributed by atoms with E-state index in [2.05, 4.69) is 4.74 Å². The van der Waals surface area contributed by atoms with Crippen molar-refractivity contribution in [1.29, 1.82) is 5.26 Å². The molecule has 1 aromatic carbocycles. The third kappa shape index (κ3) is 3.91. The predicted octanol–water partition coefficient (Wildman–Crippen LogP) is 0.590. The number of nitrogens with zero attached hydrogens (tertiary/aromatic N) is 1. The molecule has 0 radical (unpaired) electrons. The van der Waals surface area contributed by atoms with E-state index < -0.39 is 22.0 Å². The first kappa shape index (κ1) is 16.4. The summed E-state index contributed by atoms with van der Waals surface area (Å²) in [7, 11) is -2.94. The minimum Gasteiger partial charge on any atom is -0.480 e. The van der Waals surface area contributed by atoms with Crippen molar-refractivity contribution in [2.24, 2.45) is 0 Å². The maximum Gasteiger partial charge on any atom is 0.324 e. The van der Waals surface area contributed by atoms with Crippen LogP contribution in [0, 0.1) is 11.3 Å². The lowest BCUT2D eigenvalue weighted by molar-refractivity contribution is -0.140. The number of nitriles is 1. The molecule has 0 aliphatic carbocycles. The van der Waals surface area contributed by atoms with Gasteiger partial charge in [0.05, 0.1) is 23.3 Å². The van der Waals surface area contributed by atoms with Crippen LogP contribution in [-0.4, -0.2) is 39.3 Å². The molecule has 0 saturated carbocycles. The lowest BCUT2D eigenvalue weighted by atomic mass is 10.2. The number of nitrogens with one attached hydrogen (secondary N) is 1. The summed E-state index contributed by atoms with van der Waals surface area (Å²) in [5, 5.41) is 17.5. The maximum absolute atomic E-state index is 12.1. The molecule has 0 fully saturated rings. The van der Waals surface area contributed by atoms with Gasteiger partial charge in [0.25, 0.3) is 0 Å². The highest BCUT2D eigenvalue weighted by molar-refractivity contribution is 7.89. The number of hydrogen-bond acceptors (Lipinski definition) is 5. The van der Waals surface area contributed by atoms with Crippen LogP contribution in [0.15, 0.2) is 23.1 Å². The quantitative estimate of drug-likeness (QED) is 0.793. The van der Waals surface area contributed by atoms with Gasteiger partial charge < -0.3 is 9.84 Å². The van der Waals surface area contributed by atoms with Crippen molar-refractivity contribution in [1.82, 2.24) is 4.72 Å². The summed E-state index contributed by atoms with van der Waals surface area (Å²) in [6.45, 7) is -0.343. The van der Waals surface area contributed by atoms with Crippen LogP contribution >= 0.6 is 11.6 Å². The molecule has 20 heavy (non-hydrogen) atoms. The van der Waals surface area contributed by atoms with Crippen LogP contribution in [0.25, 0.3) is 0 Å². The van der Waals surface area contributed by atoms with Gasteiger partial charge in [-0.05, 0) is 18.2 Å². The molecule has 2 N–H and O–H groups in total. The average Bonchev–Trinajstić information content (AvgIpc) is 2.38. The third-order valence-electron chi connectivity index (χ3n) is 2.28. The summed E-state index contributed by atoms with van der Waals surface area (Å²) in [5.41, 5.74) is 0.0911. The molecule has 0 aromatic heterocycles. The minimum absolute atomic E-state index is 0.0911. The SMILES string of the molecule is COCC(NS(=O)(=O)c1cc(C#N)ccc1Cl)C(=O)O. The number of carbonyl (C=O) groups is 1. The summed E-state index contributed by atoms with van der Waals surface area (Å²) in [4.78, 5) is 10.6. The van der Waals surface area contributed by atoms with Crippen molar-refractivity contribution >= 4 is 27.6 Å². The Balaban J connectivity index is 3.17. The van der Waals surface area contributed by atoms with Crippen molar-refractivity contribution in [3.05, 3.63) is 28.8 Å².